The summed E-state index contributed by atoms with van der Waals surface area (Å²) >= 11 is 0. The Labute approximate surface area is 59.5 Å². The van der Waals surface area contributed by atoms with Crippen molar-refractivity contribution >= 4 is 0 Å². The zero-order chi connectivity index (χ0) is 6.53. The van der Waals surface area contributed by atoms with Gasteiger partial charge in [0.1, 0.15) is 0 Å². The second kappa shape index (κ2) is 3.89. The molecule has 0 N–H and O–H groups in total. The summed E-state index contributed by atoms with van der Waals surface area (Å²) in [6.45, 7) is 2.64. The van der Waals surface area contributed by atoms with Gasteiger partial charge in [-0.25, -0.2) is 0 Å². The number of hydrogen-bond donors (Lipinski definition) is 0. The van der Waals surface area contributed by atoms with Crippen molar-refractivity contribution in [1.82, 2.24) is 4.90 Å². The summed E-state index contributed by atoms with van der Waals surface area (Å²) in [5.74, 6) is 0. The second-order valence-corrected chi connectivity index (χ2v) is 3.07. The highest BCUT2D eigenvalue weighted by atomic mass is 15.1. The number of hydrogen-bond acceptors (Lipinski definition) is 1. The topological polar surface area (TPSA) is 3.24 Å². The van der Waals surface area contributed by atoms with E-state index in [0.717, 1.165) is 0 Å². The fourth-order valence-corrected chi connectivity index (χ4v) is 1.41. The van der Waals surface area contributed by atoms with Crippen molar-refractivity contribution in [2.24, 2.45) is 0 Å². The van der Waals surface area contributed by atoms with E-state index in [4.69, 9.17) is 0 Å². The molecule has 0 amide bonds. The Hall–Kier alpha value is -0.0400. The third-order valence-corrected chi connectivity index (χ3v) is 2.08. The quantitative estimate of drug-likeness (QED) is 0.484. The molecule has 0 aliphatic carbocycles. The van der Waals surface area contributed by atoms with Gasteiger partial charge >= 0.3 is 0 Å². The van der Waals surface area contributed by atoms with Gasteiger partial charge in [0, 0.05) is 1.43 Å². The van der Waals surface area contributed by atoms with Gasteiger partial charge in [-0.15, -0.1) is 0 Å². The molecule has 1 fully saturated rings. The Morgan fingerprint density at radius 1 is 0.889 bits per heavy atom. The van der Waals surface area contributed by atoms with Gasteiger partial charge in [-0.05, 0) is 33.0 Å². The summed E-state index contributed by atoms with van der Waals surface area (Å²) in [6.07, 6.45) is 7.19. The van der Waals surface area contributed by atoms with E-state index < -0.39 is 0 Å². The monoisotopic (exact) mass is 129 g/mol. The van der Waals surface area contributed by atoms with E-state index in [-0.39, 0.29) is 1.43 Å². The highest BCUT2D eigenvalue weighted by molar-refractivity contribution is 4.56. The molecule has 0 bridgehead atoms. The summed E-state index contributed by atoms with van der Waals surface area (Å²) in [4.78, 5) is 2.44. The molecule has 1 saturated heterocycles. The van der Waals surface area contributed by atoms with Gasteiger partial charge in [-0.2, -0.15) is 0 Å². The van der Waals surface area contributed by atoms with Gasteiger partial charge < -0.3 is 4.90 Å². The molecule has 1 nitrogen and oxygen atoms in total. The predicted molar refractivity (Wildman–Crippen MR) is 42.7 cm³/mol. The molecule has 0 atom stereocenters. The zero-order valence-electron chi connectivity index (χ0n) is 6.40. The van der Waals surface area contributed by atoms with Crippen LogP contribution < -0.4 is 0 Å². The maximum Gasteiger partial charge on any atom is 0 e. The lowest BCUT2D eigenvalue weighted by Gasteiger charge is -2.18. The maximum absolute atomic E-state index is 2.44. The van der Waals surface area contributed by atoms with E-state index in [2.05, 4.69) is 11.9 Å². The molecule has 1 heterocycles. The molecular formula is C8H19N. The van der Waals surface area contributed by atoms with Crippen LogP contribution in [-0.4, -0.2) is 25.0 Å². The smallest absolute Gasteiger partial charge is 0 e. The Bertz CT molecular complexity index is 67.7. The van der Waals surface area contributed by atoms with Gasteiger partial charge in [0.2, 0.25) is 0 Å². The van der Waals surface area contributed by atoms with Crippen LogP contribution in [0.1, 0.15) is 33.5 Å². The molecule has 56 valence electrons. The minimum atomic E-state index is 0. The predicted octanol–water partition coefficient (Wildman–Crippen LogP) is 2.13. The molecule has 0 aromatic heterocycles. The minimum Gasteiger partial charge on any atom is -0.306 e. The SMILES string of the molecule is CN1CCCCCCC1.[HH]. The van der Waals surface area contributed by atoms with Gasteiger partial charge in [0.15, 0.2) is 0 Å². The standard InChI is InChI=1S/C8H17N.H2/c1-9-7-5-3-2-4-6-8-9;/h2-8H2,1H3;1H. The average Bonchev–Trinajstić information content (AvgIpc) is 1.79. The summed E-state index contributed by atoms with van der Waals surface area (Å²) < 4.78 is 0. The van der Waals surface area contributed by atoms with Gasteiger partial charge in [-0.1, -0.05) is 19.3 Å². The van der Waals surface area contributed by atoms with E-state index >= 15 is 0 Å². The van der Waals surface area contributed by atoms with Crippen LogP contribution in [0.4, 0.5) is 0 Å². The Balaban J connectivity index is 0.000000810. The van der Waals surface area contributed by atoms with E-state index in [0.29, 0.717) is 0 Å². The average molecular weight is 129 g/mol. The van der Waals surface area contributed by atoms with Crippen molar-refractivity contribution in [3.63, 3.8) is 0 Å². The van der Waals surface area contributed by atoms with Crippen LogP contribution in [0.2, 0.25) is 0 Å². The summed E-state index contributed by atoms with van der Waals surface area (Å²) in [5, 5.41) is 0. The molecule has 0 spiro atoms. The van der Waals surface area contributed by atoms with Crippen LogP contribution in [0.5, 0.6) is 0 Å². The van der Waals surface area contributed by atoms with Crippen molar-refractivity contribution in [1.29, 1.82) is 0 Å². The summed E-state index contributed by atoms with van der Waals surface area (Å²) in [6, 6.07) is 0. The highest BCUT2D eigenvalue weighted by Crippen LogP contribution is 2.08. The zero-order valence-corrected chi connectivity index (χ0v) is 6.40. The van der Waals surface area contributed by atoms with E-state index in [1.807, 2.05) is 0 Å². The van der Waals surface area contributed by atoms with Crippen LogP contribution >= 0.6 is 0 Å². The molecule has 0 radical (unpaired) electrons. The fraction of sp³-hybridized carbons (Fsp3) is 1.00. The second-order valence-electron chi connectivity index (χ2n) is 3.07. The maximum atomic E-state index is 2.44. The van der Waals surface area contributed by atoms with Crippen molar-refractivity contribution in [2.75, 3.05) is 20.1 Å². The number of likely N-dealkylation sites (tertiary alicyclic amines) is 1. The lowest BCUT2D eigenvalue weighted by atomic mass is 10.1. The number of nitrogens with zero attached hydrogens (tertiary/aromatic N) is 1. The lowest BCUT2D eigenvalue weighted by molar-refractivity contribution is 0.297. The molecule has 0 saturated carbocycles. The molecule has 1 rings (SSSR count). The summed E-state index contributed by atoms with van der Waals surface area (Å²) in [5.41, 5.74) is 0. The molecule has 1 aliphatic heterocycles. The number of rotatable bonds is 0. The first kappa shape index (κ1) is 7.07. The van der Waals surface area contributed by atoms with E-state index in [1.165, 1.54) is 45.2 Å². The Morgan fingerprint density at radius 3 is 1.89 bits per heavy atom. The molecule has 1 heteroatoms. The molecule has 0 aromatic rings. The third-order valence-electron chi connectivity index (χ3n) is 2.08. The molecule has 0 aromatic carbocycles. The van der Waals surface area contributed by atoms with Gasteiger partial charge in [0.25, 0.3) is 0 Å². The molecule has 1 aliphatic rings. The van der Waals surface area contributed by atoms with Crippen molar-refractivity contribution in [2.45, 2.75) is 32.1 Å². The molecular weight excluding hydrogens is 110 g/mol. The van der Waals surface area contributed by atoms with Crippen LogP contribution in [0.3, 0.4) is 0 Å². The first-order valence-electron chi connectivity index (χ1n) is 4.08. The van der Waals surface area contributed by atoms with Crippen molar-refractivity contribution in [3.05, 3.63) is 0 Å². The lowest BCUT2D eigenvalue weighted by Crippen LogP contribution is -2.22. The third kappa shape index (κ3) is 2.85. The van der Waals surface area contributed by atoms with Gasteiger partial charge in [-0.3, -0.25) is 0 Å². The molecule has 9 heavy (non-hydrogen) atoms. The van der Waals surface area contributed by atoms with Crippen LogP contribution in [0.15, 0.2) is 0 Å². The summed E-state index contributed by atoms with van der Waals surface area (Å²) in [7, 11) is 2.23. The van der Waals surface area contributed by atoms with Crippen molar-refractivity contribution < 1.29 is 1.43 Å². The van der Waals surface area contributed by atoms with E-state index in [9.17, 15) is 0 Å². The fourth-order valence-electron chi connectivity index (χ4n) is 1.41. The van der Waals surface area contributed by atoms with Crippen molar-refractivity contribution in [3.8, 4) is 0 Å². The van der Waals surface area contributed by atoms with Gasteiger partial charge in [0.05, 0.1) is 0 Å². The largest absolute Gasteiger partial charge is 0.306 e. The first-order chi connectivity index (χ1) is 4.39. The molecule has 0 unspecified atom stereocenters. The Morgan fingerprint density at radius 2 is 1.33 bits per heavy atom. The normalized spacial score (nSPS) is 25.0. The van der Waals surface area contributed by atoms with E-state index in [1.54, 1.807) is 0 Å². The first-order valence-corrected chi connectivity index (χ1v) is 4.08. The Kier molecular flexibility index (Phi) is 3.05. The van der Waals surface area contributed by atoms with Crippen LogP contribution in [0, 0.1) is 0 Å². The van der Waals surface area contributed by atoms with Crippen LogP contribution in [-0.2, 0) is 0 Å². The highest BCUT2D eigenvalue weighted by Gasteiger charge is 2.01. The van der Waals surface area contributed by atoms with Crippen LogP contribution in [0.25, 0.3) is 0 Å². The minimum absolute atomic E-state index is 0.